The molecular weight excluding hydrogens is 294 g/mol. The summed E-state index contributed by atoms with van der Waals surface area (Å²) in [6, 6.07) is 18.1. The third-order valence-electron chi connectivity index (χ3n) is 3.63. The van der Waals surface area contributed by atoms with Gasteiger partial charge in [0.25, 0.3) is 0 Å². The summed E-state index contributed by atoms with van der Waals surface area (Å²) in [4.78, 5) is 11.8. The standard InChI is InChI=1S/C18H19NO2S/c20-18-17(19-10-11-22-18)12-14-6-8-16(9-7-14)21-13-15-4-2-1-3-5-15/h1-9,17,19H,10-13H2. The third-order valence-corrected chi connectivity index (χ3v) is 4.61. The highest BCUT2D eigenvalue weighted by Gasteiger charge is 2.22. The van der Waals surface area contributed by atoms with Crippen LogP contribution in [0.1, 0.15) is 11.1 Å². The second kappa shape index (κ2) is 7.47. The highest BCUT2D eigenvalue weighted by Crippen LogP contribution is 2.18. The van der Waals surface area contributed by atoms with Gasteiger partial charge in [0, 0.05) is 12.3 Å². The Kier molecular flexibility index (Phi) is 5.14. The van der Waals surface area contributed by atoms with E-state index in [0.717, 1.165) is 35.6 Å². The molecule has 0 spiro atoms. The second-order valence-corrected chi connectivity index (χ2v) is 6.40. The molecule has 1 fully saturated rings. The summed E-state index contributed by atoms with van der Waals surface area (Å²) in [5.41, 5.74) is 2.31. The van der Waals surface area contributed by atoms with Crippen molar-refractivity contribution in [2.75, 3.05) is 12.3 Å². The minimum atomic E-state index is -0.0603. The molecule has 2 aromatic rings. The number of hydrogen-bond acceptors (Lipinski definition) is 4. The first kappa shape index (κ1) is 15.1. The fraction of sp³-hybridized carbons (Fsp3) is 0.278. The van der Waals surface area contributed by atoms with Crippen LogP contribution in [0.3, 0.4) is 0 Å². The molecule has 3 rings (SSSR count). The van der Waals surface area contributed by atoms with Crippen LogP contribution in [0.2, 0.25) is 0 Å². The van der Waals surface area contributed by atoms with Crippen LogP contribution in [-0.2, 0) is 17.8 Å². The van der Waals surface area contributed by atoms with Crippen molar-refractivity contribution >= 4 is 16.9 Å². The van der Waals surface area contributed by atoms with E-state index in [-0.39, 0.29) is 11.2 Å². The predicted octanol–water partition coefficient (Wildman–Crippen LogP) is 3.04. The van der Waals surface area contributed by atoms with Crippen molar-refractivity contribution in [2.24, 2.45) is 0 Å². The van der Waals surface area contributed by atoms with E-state index in [1.54, 1.807) is 0 Å². The first-order chi connectivity index (χ1) is 10.8. The molecule has 1 atom stereocenters. The lowest BCUT2D eigenvalue weighted by molar-refractivity contribution is -0.113. The summed E-state index contributed by atoms with van der Waals surface area (Å²) in [5, 5.41) is 3.52. The molecule has 3 nitrogen and oxygen atoms in total. The molecule has 0 aliphatic carbocycles. The summed E-state index contributed by atoms with van der Waals surface area (Å²) in [6.45, 7) is 1.47. The summed E-state index contributed by atoms with van der Waals surface area (Å²) in [5.74, 6) is 1.73. The average Bonchev–Trinajstić information content (AvgIpc) is 2.57. The SMILES string of the molecule is O=C1SCCNC1Cc1ccc(OCc2ccccc2)cc1. The van der Waals surface area contributed by atoms with Gasteiger partial charge in [0.15, 0.2) is 0 Å². The van der Waals surface area contributed by atoms with Crippen LogP contribution in [0.15, 0.2) is 54.6 Å². The molecule has 1 N–H and O–H groups in total. The Bertz CT molecular complexity index is 613. The van der Waals surface area contributed by atoms with E-state index in [1.165, 1.54) is 11.8 Å². The summed E-state index contributed by atoms with van der Waals surface area (Å²) in [7, 11) is 0. The van der Waals surface area contributed by atoms with Gasteiger partial charge in [0.1, 0.15) is 12.4 Å². The molecule has 2 aromatic carbocycles. The highest BCUT2D eigenvalue weighted by molar-refractivity contribution is 8.13. The van der Waals surface area contributed by atoms with Gasteiger partial charge in [-0.1, -0.05) is 54.2 Å². The first-order valence-electron chi connectivity index (χ1n) is 7.47. The maximum atomic E-state index is 11.8. The number of rotatable bonds is 5. The van der Waals surface area contributed by atoms with E-state index >= 15 is 0 Å². The monoisotopic (exact) mass is 313 g/mol. The van der Waals surface area contributed by atoms with Crippen molar-refractivity contribution in [3.8, 4) is 5.75 Å². The zero-order valence-corrected chi connectivity index (χ0v) is 13.1. The van der Waals surface area contributed by atoms with Gasteiger partial charge >= 0.3 is 0 Å². The third kappa shape index (κ3) is 4.12. The molecule has 1 unspecified atom stereocenters. The molecule has 114 valence electrons. The van der Waals surface area contributed by atoms with Crippen molar-refractivity contribution in [2.45, 2.75) is 19.1 Å². The quantitative estimate of drug-likeness (QED) is 0.921. The molecular formula is C18H19NO2S. The molecule has 0 saturated carbocycles. The van der Waals surface area contributed by atoms with Gasteiger partial charge in [-0.3, -0.25) is 4.79 Å². The number of carbonyl (C=O) groups excluding carboxylic acids is 1. The fourth-order valence-electron chi connectivity index (χ4n) is 2.42. The van der Waals surface area contributed by atoms with Crippen molar-refractivity contribution < 1.29 is 9.53 Å². The molecule has 4 heteroatoms. The van der Waals surface area contributed by atoms with Crippen molar-refractivity contribution in [3.63, 3.8) is 0 Å². The van der Waals surface area contributed by atoms with Crippen molar-refractivity contribution in [3.05, 3.63) is 65.7 Å². The molecule has 1 heterocycles. The summed E-state index contributed by atoms with van der Waals surface area (Å²) < 4.78 is 5.77. The van der Waals surface area contributed by atoms with Crippen LogP contribution in [-0.4, -0.2) is 23.5 Å². The first-order valence-corrected chi connectivity index (χ1v) is 8.45. The number of ether oxygens (including phenoxy) is 1. The normalized spacial score (nSPS) is 18.2. The second-order valence-electron chi connectivity index (χ2n) is 5.30. The van der Waals surface area contributed by atoms with Crippen LogP contribution >= 0.6 is 11.8 Å². The smallest absolute Gasteiger partial charge is 0.206 e. The maximum Gasteiger partial charge on any atom is 0.206 e. The largest absolute Gasteiger partial charge is 0.489 e. The van der Waals surface area contributed by atoms with E-state index in [1.807, 2.05) is 54.6 Å². The lowest BCUT2D eigenvalue weighted by atomic mass is 10.1. The lowest BCUT2D eigenvalue weighted by Crippen LogP contribution is -2.42. The van der Waals surface area contributed by atoms with Crippen molar-refractivity contribution in [1.82, 2.24) is 5.32 Å². The van der Waals surface area contributed by atoms with Gasteiger partial charge in [-0.2, -0.15) is 0 Å². The predicted molar refractivity (Wildman–Crippen MR) is 90.2 cm³/mol. The van der Waals surface area contributed by atoms with Crippen LogP contribution in [0.5, 0.6) is 5.75 Å². The Balaban J connectivity index is 1.55. The molecule has 0 aromatic heterocycles. The number of nitrogens with one attached hydrogen (secondary N) is 1. The zero-order valence-electron chi connectivity index (χ0n) is 12.3. The van der Waals surface area contributed by atoms with E-state index in [2.05, 4.69) is 5.32 Å². The molecule has 22 heavy (non-hydrogen) atoms. The van der Waals surface area contributed by atoms with Gasteiger partial charge in [-0.15, -0.1) is 0 Å². The maximum absolute atomic E-state index is 11.8. The Morgan fingerprint density at radius 2 is 1.82 bits per heavy atom. The lowest BCUT2D eigenvalue weighted by Gasteiger charge is -2.21. The number of hydrogen-bond donors (Lipinski definition) is 1. The zero-order chi connectivity index (χ0) is 15.2. The van der Waals surface area contributed by atoms with E-state index in [4.69, 9.17) is 4.74 Å². The minimum Gasteiger partial charge on any atom is -0.489 e. The van der Waals surface area contributed by atoms with E-state index in [9.17, 15) is 4.79 Å². The molecule has 0 bridgehead atoms. The molecule has 1 aliphatic rings. The van der Waals surface area contributed by atoms with Gasteiger partial charge < -0.3 is 10.1 Å². The molecule has 0 amide bonds. The highest BCUT2D eigenvalue weighted by atomic mass is 32.2. The Hall–Kier alpha value is -1.78. The molecule has 1 saturated heterocycles. The van der Waals surface area contributed by atoms with E-state index < -0.39 is 0 Å². The van der Waals surface area contributed by atoms with Crippen LogP contribution in [0.4, 0.5) is 0 Å². The van der Waals surface area contributed by atoms with E-state index in [0.29, 0.717) is 6.61 Å². The Morgan fingerprint density at radius 3 is 2.55 bits per heavy atom. The molecule has 0 radical (unpaired) electrons. The van der Waals surface area contributed by atoms with Gasteiger partial charge in [-0.25, -0.2) is 0 Å². The van der Waals surface area contributed by atoms with Gasteiger partial charge in [0.05, 0.1) is 6.04 Å². The van der Waals surface area contributed by atoms with Crippen LogP contribution in [0.25, 0.3) is 0 Å². The Morgan fingerprint density at radius 1 is 1.05 bits per heavy atom. The number of thioether (sulfide) groups is 1. The van der Waals surface area contributed by atoms with Gasteiger partial charge in [0.2, 0.25) is 5.12 Å². The number of carbonyl (C=O) groups is 1. The average molecular weight is 313 g/mol. The Labute approximate surface area is 135 Å². The molecule has 1 aliphatic heterocycles. The minimum absolute atomic E-state index is 0.0603. The van der Waals surface area contributed by atoms with Gasteiger partial charge in [-0.05, 0) is 29.7 Å². The number of benzene rings is 2. The summed E-state index contributed by atoms with van der Waals surface area (Å²) in [6.07, 6.45) is 0.741. The summed E-state index contributed by atoms with van der Waals surface area (Å²) >= 11 is 1.43. The van der Waals surface area contributed by atoms with Crippen molar-refractivity contribution in [1.29, 1.82) is 0 Å². The van der Waals surface area contributed by atoms with Crippen LogP contribution < -0.4 is 10.1 Å². The fourth-order valence-corrected chi connectivity index (χ4v) is 3.21. The topological polar surface area (TPSA) is 38.3 Å². The van der Waals surface area contributed by atoms with Crippen LogP contribution in [0, 0.1) is 0 Å².